The van der Waals surface area contributed by atoms with E-state index in [1.165, 1.54) is 55.9 Å². The number of ether oxygens (including phenoxy) is 1. The van der Waals surface area contributed by atoms with Crippen molar-refractivity contribution in [2.45, 2.75) is 38.0 Å². The Labute approximate surface area is 185 Å². The fourth-order valence-corrected chi connectivity index (χ4v) is 3.90. The molecule has 0 unspecified atom stereocenters. The number of rotatable bonds is 8. The van der Waals surface area contributed by atoms with Crippen molar-refractivity contribution in [3.63, 3.8) is 0 Å². The normalized spacial score (nSPS) is 14.1. The van der Waals surface area contributed by atoms with Crippen molar-refractivity contribution in [1.29, 1.82) is 0 Å². The van der Waals surface area contributed by atoms with Gasteiger partial charge in [0.25, 0.3) is 0 Å². The maximum absolute atomic E-state index is 12.2. The predicted molar refractivity (Wildman–Crippen MR) is 119 cm³/mol. The van der Waals surface area contributed by atoms with Gasteiger partial charge in [-0.1, -0.05) is 43.0 Å². The van der Waals surface area contributed by atoms with Crippen molar-refractivity contribution in [2.75, 3.05) is 23.8 Å². The lowest BCUT2D eigenvalue weighted by molar-refractivity contribution is -0.125. The highest BCUT2D eigenvalue weighted by Crippen LogP contribution is 2.33. The van der Waals surface area contributed by atoms with Crippen LogP contribution in [0.2, 0.25) is 5.02 Å². The van der Waals surface area contributed by atoms with Gasteiger partial charge in [-0.3, -0.25) is 9.59 Å². The first-order valence-corrected chi connectivity index (χ1v) is 10.6. The van der Waals surface area contributed by atoms with E-state index < -0.39 is 18.5 Å². The van der Waals surface area contributed by atoms with Gasteiger partial charge in [0.2, 0.25) is 11.8 Å². The summed E-state index contributed by atoms with van der Waals surface area (Å²) >= 11 is 5.79. The van der Waals surface area contributed by atoms with Crippen LogP contribution in [-0.2, 0) is 14.3 Å². The Kier molecular flexibility index (Phi) is 8.03. The molecule has 2 aromatic rings. The van der Waals surface area contributed by atoms with Gasteiger partial charge in [-0.25, -0.2) is 4.79 Å². The van der Waals surface area contributed by atoms with Crippen LogP contribution in [0.1, 0.15) is 53.9 Å². The molecule has 0 atom stereocenters. The molecule has 0 radical (unpaired) electrons. The third-order valence-corrected chi connectivity index (χ3v) is 5.43. The molecular formula is C23H25ClN2O5. The van der Waals surface area contributed by atoms with Crippen molar-refractivity contribution in [3.8, 4) is 0 Å². The minimum absolute atomic E-state index is 0.106. The van der Waals surface area contributed by atoms with Gasteiger partial charge in [-0.05, 0) is 54.7 Å². The summed E-state index contributed by atoms with van der Waals surface area (Å²) in [7, 11) is 0. The average Bonchev–Trinajstić information content (AvgIpc) is 2.75. The second kappa shape index (κ2) is 10.9. The first kappa shape index (κ1) is 22.8. The third kappa shape index (κ3) is 6.80. The summed E-state index contributed by atoms with van der Waals surface area (Å²) in [5, 5.41) is 14.7. The summed E-state index contributed by atoms with van der Waals surface area (Å²) in [4.78, 5) is 35.5. The van der Waals surface area contributed by atoms with Gasteiger partial charge in [0.05, 0.1) is 11.3 Å². The molecule has 0 aliphatic heterocycles. The first-order valence-electron chi connectivity index (χ1n) is 10.2. The van der Waals surface area contributed by atoms with E-state index in [9.17, 15) is 19.5 Å². The van der Waals surface area contributed by atoms with E-state index in [1.54, 1.807) is 0 Å². The number of hydrogen-bond acceptors (Lipinski definition) is 4. The SMILES string of the molecule is O=C(COCC(=O)Nc1ccc(Cl)cc1C(=O)O)Nc1cccc(C2CCCCC2)c1. The van der Waals surface area contributed by atoms with Crippen LogP contribution in [0.15, 0.2) is 42.5 Å². The summed E-state index contributed by atoms with van der Waals surface area (Å²) < 4.78 is 5.17. The van der Waals surface area contributed by atoms with Crippen LogP contribution >= 0.6 is 11.6 Å². The molecule has 7 nitrogen and oxygen atoms in total. The Morgan fingerprint density at radius 3 is 2.39 bits per heavy atom. The van der Waals surface area contributed by atoms with Crippen molar-refractivity contribution in [2.24, 2.45) is 0 Å². The van der Waals surface area contributed by atoms with Crippen LogP contribution < -0.4 is 10.6 Å². The molecule has 0 saturated heterocycles. The van der Waals surface area contributed by atoms with E-state index >= 15 is 0 Å². The molecule has 3 rings (SSSR count). The number of benzene rings is 2. The highest BCUT2D eigenvalue weighted by molar-refractivity contribution is 6.31. The summed E-state index contributed by atoms with van der Waals surface area (Å²) in [6, 6.07) is 12.0. The highest BCUT2D eigenvalue weighted by atomic mass is 35.5. The van der Waals surface area contributed by atoms with Crippen LogP contribution in [-0.4, -0.2) is 36.1 Å². The van der Waals surface area contributed by atoms with Crippen LogP contribution in [0.4, 0.5) is 11.4 Å². The Bertz CT molecular complexity index is 957. The molecule has 31 heavy (non-hydrogen) atoms. The lowest BCUT2D eigenvalue weighted by atomic mass is 9.84. The number of halogens is 1. The smallest absolute Gasteiger partial charge is 0.337 e. The fraction of sp³-hybridized carbons (Fsp3) is 0.348. The fourth-order valence-electron chi connectivity index (χ4n) is 3.73. The number of anilines is 2. The van der Waals surface area contributed by atoms with Crippen LogP contribution in [0.5, 0.6) is 0 Å². The number of carbonyl (C=O) groups excluding carboxylic acids is 2. The van der Waals surface area contributed by atoms with Gasteiger partial charge in [0, 0.05) is 10.7 Å². The van der Waals surface area contributed by atoms with E-state index in [0.29, 0.717) is 11.6 Å². The number of aromatic carboxylic acids is 1. The standard InChI is InChI=1S/C23H25ClN2O5/c24-17-9-10-20(19(12-17)23(29)30)26-22(28)14-31-13-21(27)25-18-8-4-7-16(11-18)15-5-2-1-3-6-15/h4,7-12,15H,1-3,5-6,13-14H2,(H,25,27)(H,26,28)(H,29,30). The van der Waals surface area contributed by atoms with Gasteiger partial charge in [0.15, 0.2) is 0 Å². The zero-order valence-electron chi connectivity index (χ0n) is 17.0. The minimum atomic E-state index is -1.21. The Morgan fingerprint density at radius 1 is 0.968 bits per heavy atom. The van der Waals surface area contributed by atoms with Crippen molar-refractivity contribution < 1.29 is 24.2 Å². The second-order valence-electron chi connectivity index (χ2n) is 7.54. The maximum Gasteiger partial charge on any atom is 0.337 e. The summed E-state index contributed by atoms with van der Waals surface area (Å²) in [5.41, 5.74) is 1.91. The molecule has 1 aliphatic carbocycles. The molecule has 8 heteroatoms. The zero-order chi connectivity index (χ0) is 22.2. The molecule has 0 aromatic heterocycles. The molecule has 0 bridgehead atoms. The number of carboxylic acid groups (broad SMARTS) is 1. The van der Waals surface area contributed by atoms with Crippen molar-refractivity contribution in [3.05, 3.63) is 58.6 Å². The third-order valence-electron chi connectivity index (χ3n) is 5.20. The molecule has 3 N–H and O–H groups in total. The molecule has 1 saturated carbocycles. The van der Waals surface area contributed by atoms with Crippen LogP contribution in [0, 0.1) is 0 Å². The van der Waals surface area contributed by atoms with E-state index in [4.69, 9.17) is 16.3 Å². The van der Waals surface area contributed by atoms with E-state index in [0.717, 1.165) is 0 Å². The summed E-state index contributed by atoms with van der Waals surface area (Å²) in [6.07, 6.45) is 6.11. The van der Waals surface area contributed by atoms with Gasteiger partial charge in [-0.2, -0.15) is 0 Å². The molecule has 1 fully saturated rings. The van der Waals surface area contributed by atoms with Gasteiger partial charge in [0.1, 0.15) is 13.2 Å². The van der Waals surface area contributed by atoms with Gasteiger partial charge in [-0.15, -0.1) is 0 Å². The molecule has 2 amide bonds. The maximum atomic E-state index is 12.2. The quantitative estimate of drug-likeness (QED) is 0.548. The number of hydrogen-bond donors (Lipinski definition) is 3. The van der Waals surface area contributed by atoms with Crippen LogP contribution in [0.3, 0.4) is 0 Å². The minimum Gasteiger partial charge on any atom is -0.478 e. The first-order chi connectivity index (χ1) is 14.9. The van der Waals surface area contributed by atoms with Crippen LogP contribution in [0.25, 0.3) is 0 Å². The average molecular weight is 445 g/mol. The molecule has 1 aliphatic rings. The molecule has 2 aromatic carbocycles. The van der Waals surface area contributed by atoms with Gasteiger partial charge >= 0.3 is 5.97 Å². The largest absolute Gasteiger partial charge is 0.478 e. The zero-order valence-corrected chi connectivity index (χ0v) is 17.8. The van der Waals surface area contributed by atoms with E-state index in [2.05, 4.69) is 16.7 Å². The Hall–Kier alpha value is -2.90. The number of carboxylic acids is 1. The lowest BCUT2D eigenvalue weighted by Crippen LogP contribution is -2.24. The molecule has 0 heterocycles. The monoisotopic (exact) mass is 444 g/mol. The lowest BCUT2D eigenvalue weighted by Gasteiger charge is -2.22. The second-order valence-corrected chi connectivity index (χ2v) is 7.98. The number of carbonyl (C=O) groups is 3. The van der Waals surface area contributed by atoms with Crippen molar-refractivity contribution in [1.82, 2.24) is 0 Å². The number of nitrogens with one attached hydrogen (secondary N) is 2. The highest BCUT2D eigenvalue weighted by Gasteiger charge is 2.16. The summed E-state index contributed by atoms with van der Waals surface area (Å²) in [5.74, 6) is -1.62. The van der Waals surface area contributed by atoms with E-state index in [1.807, 2.05) is 18.2 Å². The Balaban J connectivity index is 1.46. The molecule has 0 spiro atoms. The Morgan fingerprint density at radius 2 is 1.68 bits per heavy atom. The predicted octanol–water partition coefficient (Wildman–Crippen LogP) is 4.68. The molecule has 164 valence electrons. The van der Waals surface area contributed by atoms with Crippen molar-refractivity contribution >= 4 is 40.8 Å². The summed E-state index contributed by atoms with van der Waals surface area (Å²) in [6.45, 7) is -0.690. The van der Waals surface area contributed by atoms with E-state index in [-0.39, 0.29) is 28.8 Å². The number of amides is 2. The molecular weight excluding hydrogens is 420 g/mol. The topological polar surface area (TPSA) is 105 Å². The van der Waals surface area contributed by atoms with Gasteiger partial charge < -0.3 is 20.5 Å².